The number of anilines is 1. The van der Waals surface area contributed by atoms with Crippen LogP contribution in [0.3, 0.4) is 0 Å². The third-order valence-electron chi connectivity index (χ3n) is 5.13. The molecule has 1 N–H and O–H groups in total. The van der Waals surface area contributed by atoms with Crippen LogP contribution in [0.5, 0.6) is 0 Å². The van der Waals surface area contributed by atoms with Gasteiger partial charge in [-0.3, -0.25) is 4.79 Å². The predicted molar refractivity (Wildman–Crippen MR) is 99.9 cm³/mol. The molecule has 1 aliphatic carbocycles. The van der Waals surface area contributed by atoms with Gasteiger partial charge in [-0.05, 0) is 38.6 Å². The Morgan fingerprint density at radius 1 is 1.16 bits per heavy atom. The fraction of sp³-hybridized carbons (Fsp3) is 0.632. The second kappa shape index (κ2) is 8.94. The van der Waals surface area contributed by atoms with Crippen molar-refractivity contribution in [3.63, 3.8) is 0 Å². The average molecular weight is 343 g/mol. The number of aromatic nitrogens is 2. The molecule has 3 rings (SSSR count). The SMILES string of the molecule is CCN1CCN(c2cnc(C(=O)NCCC3=CCCCC3)cn2)CC1. The van der Waals surface area contributed by atoms with Crippen molar-refractivity contribution in [2.75, 3.05) is 44.2 Å². The normalized spacial score (nSPS) is 18.8. The summed E-state index contributed by atoms with van der Waals surface area (Å²) in [5.41, 5.74) is 1.87. The molecule has 0 saturated carbocycles. The van der Waals surface area contributed by atoms with Crippen LogP contribution in [0, 0.1) is 0 Å². The lowest BCUT2D eigenvalue weighted by Crippen LogP contribution is -2.46. The Hall–Kier alpha value is -1.95. The zero-order chi connectivity index (χ0) is 17.5. The lowest BCUT2D eigenvalue weighted by atomic mass is 9.97. The molecular weight excluding hydrogens is 314 g/mol. The number of hydrogen-bond acceptors (Lipinski definition) is 5. The molecule has 0 unspecified atom stereocenters. The number of piperazine rings is 1. The van der Waals surface area contributed by atoms with Gasteiger partial charge in [0.2, 0.25) is 0 Å². The number of likely N-dealkylation sites (N-methyl/N-ethyl adjacent to an activating group) is 1. The van der Waals surface area contributed by atoms with Crippen LogP contribution in [-0.4, -0.2) is 60.0 Å². The Balaban J connectivity index is 1.46. The fourth-order valence-corrected chi connectivity index (χ4v) is 3.45. The number of rotatable bonds is 6. The summed E-state index contributed by atoms with van der Waals surface area (Å²) in [7, 11) is 0. The number of carbonyl (C=O) groups is 1. The maximum absolute atomic E-state index is 12.2. The first-order valence-corrected chi connectivity index (χ1v) is 9.51. The molecule has 1 amide bonds. The van der Waals surface area contributed by atoms with E-state index in [-0.39, 0.29) is 5.91 Å². The number of amides is 1. The molecule has 1 aliphatic heterocycles. The molecule has 1 aromatic heterocycles. The van der Waals surface area contributed by atoms with Gasteiger partial charge >= 0.3 is 0 Å². The quantitative estimate of drug-likeness (QED) is 0.803. The van der Waals surface area contributed by atoms with Gasteiger partial charge in [0.1, 0.15) is 11.5 Å². The Bertz CT molecular complexity index is 590. The predicted octanol–water partition coefficient (Wildman–Crippen LogP) is 2.24. The lowest BCUT2D eigenvalue weighted by molar-refractivity contribution is 0.0948. The van der Waals surface area contributed by atoms with Gasteiger partial charge in [-0.2, -0.15) is 0 Å². The maximum Gasteiger partial charge on any atom is 0.271 e. The molecule has 6 nitrogen and oxygen atoms in total. The number of nitrogens with one attached hydrogen (secondary N) is 1. The molecule has 0 spiro atoms. The second-order valence-corrected chi connectivity index (χ2v) is 6.80. The first-order valence-electron chi connectivity index (χ1n) is 9.51. The minimum absolute atomic E-state index is 0.133. The minimum Gasteiger partial charge on any atom is -0.353 e. The average Bonchev–Trinajstić information content (AvgIpc) is 2.69. The van der Waals surface area contributed by atoms with Crippen molar-refractivity contribution in [1.29, 1.82) is 0 Å². The number of nitrogens with zero attached hydrogens (tertiary/aromatic N) is 4. The highest BCUT2D eigenvalue weighted by atomic mass is 16.1. The van der Waals surface area contributed by atoms with Gasteiger partial charge in [-0.15, -0.1) is 0 Å². The lowest BCUT2D eigenvalue weighted by Gasteiger charge is -2.34. The van der Waals surface area contributed by atoms with Crippen LogP contribution in [0.2, 0.25) is 0 Å². The van der Waals surface area contributed by atoms with E-state index >= 15 is 0 Å². The van der Waals surface area contributed by atoms with E-state index in [1.54, 1.807) is 12.4 Å². The van der Waals surface area contributed by atoms with E-state index in [9.17, 15) is 4.79 Å². The van der Waals surface area contributed by atoms with E-state index in [1.165, 1.54) is 31.3 Å². The Morgan fingerprint density at radius 2 is 2.00 bits per heavy atom. The standard InChI is InChI=1S/C19H29N5O/c1-2-23-10-12-24(13-11-23)18-15-21-17(14-22-18)19(25)20-9-8-16-6-4-3-5-7-16/h6,14-15H,2-5,7-13H2,1H3,(H,20,25). The highest BCUT2D eigenvalue weighted by Crippen LogP contribution is 2.19. The van der Waals surface area contributed by atoms with Crippen LogP contribution in [0.1, 0.15) is 49.5 Å². The first-order chi connectivity index (χ1) is 12.3. The molecule has 25 heavy (non-hydrogen) atoms. The van der Waals surface area contributed by atoms with Crippen LogP contribution >= 0.6 is 0 Å². The Kier molecular flexibility index (Phi) is 6.39. The highest BCUT2D eigenvalue weighted by molar-refractivity contribution is 5.92. The van der Waals surface area contributed by atoms with Crippen molar-refractivity contribution >= 4 is 11.7 Å². The molecule has 2 aliphatic rings. The van der Waals surface area contributed by atoms with Gasteiger partial charge in [-0.1, -0.05) is 18.6 Å². The number of hydrogen-bond donors (Lipinski definition) is 1. The molecule has 1 saturated heterocycles. The first kappa shape index (κ1) is 17.9. The van der Waals surface area contributed by atoms with Crippen molar-refractivity contribution in [3.05, 3.63) is 29.7 Å². The summed E-state index contributed by atoms with van der Waals surface area (Å²) in [5.74, 6) is 0.728. The van der Waals surface area contributed by atoms with Crippen molar-refractivity contribution < 1.29 is 4.79 Å². The molecule has 0 aromatic carbocycles. The van der Waals surface area contributed by atoms with Crippen LogP contribution in [0.15, 0.2) is 24.0 Å². The molecule has 0 atom stereocenters. The van der Waals surface area contributed by atoms with E-state index < -0.39 is 0 Å². The third kappa shape index (κ3) is 5.01. The monoisotopic (exact) mass is 343 g/mol. The largest absolute Gasteiger partial charge is 0.353 e. The van der Waals surface area contributed by atoms with Gasteiger partial charge in [0.25, 0.3) is 5.91 Å². The van der Waals surface area contributed by atoms with Crippen LogP contribution in [0.4, 0.5) is 5.82 Å². The van der Waals surface area contributed by atoms with E-state index in [4.69, 9.17) is 0 Å². The van der Waals surface area contributed by atoms with Gasteiger partial charge in [0.15, 0.2) is 0 Å². The Morgan fingerprint density at radius 3 is 2.64 bits per heavy atom. The molecular formula is C19H29N5O. The highest BCUT2D eigenvalue weighted by Gasteiger charge is 2.17. The minimum atomic E-state index is -0.133. The van der Waals surface area contributed by atoms with Gasteiger partial charge < -0.3 is 15.1 Å². The zero-order valence-corrected chi connectivity index (χ0v) is 15.2. The molecule has 1 aromatic rings. The summed E-state index contributed by atoms with van der Waals surface area (Å²) in [6.45, 7) is 7.98. The Labute approximate surface area is 150 Å². The molecule has 2 heterocycles. The fourth-order valence-electron chi connectivity index (χ4n) is 3.45. The number of carbonyl (C=O) groups excluding carboxylic acids is 1. The number of allylic oxidation sites excluding steroid dienone is 1. The topological polar surface area (TPSA) is 61.4 Å². The van der Waals surface area contributed by atoms with Crippen molar-refractivity contribution in [2.45, 2.75) is 39.0 Å². The van der Waals surface area contributed by atoms with Gasteiger partial charge in [-0.25, -0.2) is 9.97 Å². The summed E-state index contributed by atoms with van der Waals surface area (Å²) in [4.78, 5) is 25.6. The van der Waals surface area contributed by atoms with Gasteiger partial charge in [0.05, 0.1) is 12.4 Å². The maximum atomic E-state index is 12.2. The van der Waals surface area contributed by atoms with Crippen molar-refractivity contribution in [1.82, 2.24) is 20.2 Å². The summed E-state index contributed by atoms with van der Waals surface area (Å²) < 4.78 is 0. The smallest absolute Gasteiger partial charge is 0.271 e. The van der Waals surface area contributed by atoms with Crippen LogP contribution in [0.25, 0.3) is 0 Å². The summed E-state index contributed by atoms with van der Waals surface area (Å²) in [6, 6.07) is 0. The van der Waals surface area contributed by atoms with Crippen molar-refractivity contribution in [2.24, 2.45) is 0 Å². The summed E-state index contributed by atoms with van der Waals surface area (Å²) >= 11 is 0. The van der Waals surface area contributed by atoms with E-state index in [0.29, 0.717) is 12.2 Å². The molecule has 0 radical (unpaired) electrons. The zero-order valence-electron chi connectivity index (χ0n) is 15.2. The third-order valence-corrected chi connectivity index (χ3v) is 5.13. The van der Waals surface area contributed by atoms with Gasteiger partial charge in [0, 0.05) is 32.7 Å². The molecule has 6 heteroatoms. The molecule has 0 bridgehead atoms. The van der Waals surface area contributed by atoms with Crippen LogP contribution in [-0.2, 0) is 0 Å². The molecule has 136 valence electrons. The van der Waals surface area contributed by atoms with E-state index in [2.05, 4.69) is 38.1 Å². The molecule has 1 fully saturated rings. The van der Waals surface area contributed by atoms with E-state index in [1.807, 2.05) is 0 Å². The second-order valence-electron chi connectivity index (χ2n) is 6.80. The van der Waals surface area contributed by atoms with E-state index in [0.717, 1.165) is 45.0 Å². The summed E-state index contributed by atoms with van der Waals surface area (Å²) in [6.07, 6.45) is 11.5. The van der Waals surface area contributed by atoms with Crippen LogP contribution < -0.4 is 10.2 Å². The summed E-state index contributed by atoms with van der Waals surface area (Å²) in [5, 5.41) is 2.96. The van der Waals surface area contributed by atoms with Crippen molar-refractivity contribution in [3.8, 4) is 0 Å².